The third-order valence-electron chi connectivity index (χ3n) is 2.85. The van der Waals surface area contributed by atoms with E-state index in [9.17, 15) is 4.79 Å². The molecule has 1 amide bonds. The molecule has 1 heterocycles. The van der Waals surface area contributed by atoms with Crippen molar-refractivity contribution in [3.8, 4) is 11.8 Å². The lowest BCUT2D eigenvalue weighted by Crippen LogP contribution is -2.21. The highest BCUT2D eigenvalue weighted by atomic mass is 16.5. The average Bonchev–Trinajstić information content (AvgIpc) is 3.10. The molecule has 0 saturated heterocycles. The Bertz CT molecular complexity index is 820. The number of rotatable bonds is 6. The predicted molar refractivity (Wildman–Crippen MR) is 88.2 cm³/mol. The van der Waals surface area contributed by atoms with Crippen molar-refractivity contribution in [3.05, 3.63) is 42.4 Å². The van der Waals surface area contributed by atoms with Gasteiger partial charge in [-0.1, -0.05) is 0 Å². The van der Waals surface area contributed by atoms with Crippen LogP contribution in [0.4, 0.5) is 11.4 Å². The number of amidine groups is 1. The normalized spacial score (nSPS) is 10.6. The Morgan fingerprint density at radius 3 is 2.83 bits per heavy atom. The number of nitrogens with zero attached hydrogens (tertiary/aromatic N) is 2. The number of hydrogen-bond donors (Lipinski definition) is 4. The summed E-state index contributed by atoms with van der Waals surface area (Å²) < 4.78 is 10.2. The number of nitriles is 1. The molecule has 0 aliphatic carbocycles. The lowest BCUT2D eigenvalue weighted by atomic mass is 10.2. The summed E-state index contributed by atoms with van der Waals surface area (Å²) in [7, 11) is 1.46. The standard InChI is InChI=1S/C15H14N6O3/c1-23-12-5-4-9(20-21-11(8-16)14(17)18)7-10(12)19-15(22)13-3-2-6-24-13/h2-7,20H,1H3,(H3,17,18)(H,19,22)/b21-11+. The maximum Gasteiger partial charge on any atom is 0.291 e. The van der Waals surface area contributed by atoms with Gasteiger partial charge in [0.2, 0.25) is 5.71 Å². The van der Waals surface area contributed by atoms with Gasteiger partial charge in [-0.05, 0) is 30.3 Å². The molecule has 9 heteroatoms. The van der Waals surface area contributed by atoms with E-state index in [1.165, 1.54) is 19.4 Å². The number of carbonyl (C=O) groups excluding carboxylic acids is 1. The zero-order valence-corrected chi connectivity index (χ0v) is 12.7. The lowest BCUT2D eigenvalue weighted by Gasteiger charge is -2.11. The van der Waals surface area contributed by atoms with Crippen molar-refractivity contribution < 1.29 is 13.9 Å². The van der Waals surface area contributed by atoms with Crippen molar-refractivity contribution in [2.75, 3.05) is 17.9 Å². The molecule has 24 heavy (non-hydrogen) atoms. The molecule has 0 aliphatic rings. The second-order valence-electron chi connectivity index (χ2n) is 4.44. The number of anilines is 2. The minimum atomic E-state index is -0.454. The van der Waals surface area contributed by atoms with Gasteiger partial charge in [-0.2, -0.15) is 10.4 Å². The third-order valence-corrected chi connectivity index (χ3v) is 2.85. The number of furan rings is 1. The van der Waals surface area contributed by atoms with E-state index in [-0.39, 0.29) is 11.5 Å². The Hall–Kier alpha value is -3.80. The van der Waals surface area contributed by atoms with E-state index in [0.29, 0.717) is 17.1 Å². The van der Waals surface area contributed by atoms with Crippen LogP contribution in [0.25, 0.3) is 0 Å². The van der Waals surface area contributed by atoms with E-state index in [1.54, 1.807) is 30.3 Å². The molecule has 0 saturated carbocycles. The first-order valence-corrected chi connectivity index (χ1v) is 6.66. The monoisotopic (exact) mass is 326 g/mol. The number of hydrazone groups is 1. The van der Waals surface area contributed by atoms with Crippen molar-refractivity contribution in [1.29, 1.82) is 10.7 Å². The van der Waals surface area contributed by atoms with Gasteiger partial charge in [-0.3, -0.25) is 15.6 Å². The molecule has 2 aromatic rings. The highest BCUT2D eigenvalue weighted by Gasteiger charge is 2.12. The molecular weight excluding hydrogens is 312 g/mol. The molecule has 0 radical (unpaired) electrons. The Morgan fingerprint density at radius 1 is 1.46 bits per heavy atom. The number of benzene rings is 1. The summed E-state index contributed by atoms with van der Waals surface area (Å²) in [6.45, 7) is 0. The molecule has 0 atom stereocenters. The van der Waals surface area contributed by atoms with Crippen LogP contribution in [0.2, 0.25) is 0 Å². The van der Waals surface area contributed by atoms with Gasteiger partial charge in [-0.25, -0.2) is 0 Å². The van der Waals surface area contributed by atoms with Crippen LogP contribution in [-0.4, -0.2) is 24.6 Å². The first-order valence-electron chi connectivity index (χ1n) is 6.66. The minimum Gasteiger partial charge on any atom is -0.495 e. The van der Waals surface area contributed by atoms with Crippen molar-refractivity contribution in [2.45, 2.75) is 0 Å². The molecule has 5 N–H and O–H groups in total. The smallest absolute Gasteiger partial charge is 0.291 e. The number of hydrogen-bond acceptors (Lipinski definition) is 7. The fourth-order valence-corrected chi connectivity index (χ4v) is 1.73. The molecule has 0 fully saturated rings. The van der Waals surface area contributed by atoms with Crippen LogP contribution in [-0.2, 0) is 0 Å². The van der Waals surface area contributed by atoms with E-state index >= 15 is 0 Å². The summed E-state index contributed by atoms with van der Waals surface area (Å²) in [5.74, 6) is -0.321. The highest BCUT2D eigenvalue weighted by Crippen LogP contribution is 2.28. The van der Waals surface area contributed by atoms with Crippen molar-refractivity contribution in [3.63, 3.8) is 0 Å². The minimum absolute atomic E-state index is 0.150. The lowest BCUT2D eigenvalue weighted by molar-refractivity contribution is 0.0996. The van der Waals surface area contributed by atoms with Crippen LogP contribution >= 0.6 is 0 Å². The Balaban J connectivity index is 2.23. The van der Waals surface area contributed by atoms with E-state index in [1.807, 2.05) is 0 Å². The number of carbonyl (C=O) groups is 1. The number of ether oxygens (including phenoxy) is 1. The first kappa shape index (κ1) is 16.6. The molecule has 1 aromatic carbocycles. The second kappa shape index (κ2) is 7.46. The predicted octanol–water partition coefficient (Wildman–Crippen LogP) is 1.77. The zero-order valence-electron chi connectivity index (χ0n) is 12.7. The van der Waals surface area contributed by atoms with Crippen molar-refractivity contribution in [2.24, 2.45) is 10.8 Å². The molecular formula is C15H14N6O3. The summed E-state index contributed by atoms with van der Waals surface area (Å²) >= 11 is 0. The molecule has 9 nitrogen and oxygen atoms in total. The zero-order chi connectivity index (χ0) is 17.5. The number of nitrogens with one attached hydrogen (secondary N) is 3. The SMILES string of the molecule is COc1ccc(N/N=C(\C#N)C(=N)N)cc1NC(=O)c1ccco1. The molecule has 122 valence electrons. The van der Waals surface area contributed by atoms with Gasteiger partial charge in [0.1, 0.15) is 11.8 Å². The van der Waals surface area contributed by atoms with Gasteiger partial charge in [0, 0.05) is 0 Å². The Kier molecular flexibility index (Phi) is 5.15. The maximum absolute atomic E-state index is 12.1. The van der Waals surface area contributed by atoms with Crippen molar-refractivity contribution >= 4 is 28.8 Å². The van der Waals surface area contributed by atoms with Crippen LogP contribution in [0, 0.1) is 16.7 Å². The Morgan fingerprint density at radius 2 is 2.25 bits per heavy atom. The molecule has 0 bridgehead atoms. The molecule has 1 aromatic heterocycles. The molecule has 0 unspecified atom stereocenters. The molecule has 0 aliphatic heterocycles. The largest absolute Gasteiger partial charge is 0.495 e. The van der Waals surface area contributed by atoms with Gasteiger partial charge in [0.25, 0.3) is 5.91 Å². The van der Waals surface area contributed by atoms with E-state index in [4.69, 9.17) is 25.6 Å². The summed E-state index contributed by atoms with van der Waals surface area (Å²) in [4.78, 5) is 12.1. The number of amides is 1. The van der Waals surface area contributed by atoms with Crippen LogP contribution in [0.1, 0.15) is 10.6 Å². The number of nitrogens with two attached hydrogens (primary N) is 1. The van der Waals surface area contributed by atoms with Crippen LogP contribution in [0.5, 0.6) is 5.75 Å². The van der Waals surface area contributed by atoms with Gasteiger partial charge < -0.3 is 20.2 Å². The third kappa shape index (κ3) is 3.89. The molecule has 0 spiro atoms. The van der Waals surface area contributed by atoms with Crippen LogP contribution in [0.15, 0.2) is 46.1 Å². The highest BCUT2D eigenvalue weighted by molar-refractivity contribution is 6.45. The van der Waals surface area contributed by atoms with Gasteiger partial charge in [0.05, 0.1) is 24.7 Å². The fraction of sp³-hybridized carbons (Fsp3) is 0.0667. The summed E-state index contributed by atoms with van der Waals surface area (Å²) in [6.07, 6.45) is 1.39. The summed E-state index contributed by atoms with van der Waals surface area (Å²) in [5.41, 5.74) is 8.38. The summed E-state index contributed by atoms with van der Waals surface area (Å²) in [5, 5.41) is 22.4. The van der Waals surface area contributed by atoms with Crippen molar-refractivity contribution in [1.82, 2.24) is 0 Å². The fourth-order valence-electron chi connectivity index (χ4n) is 1.73. The van der Waals surface area contributed by atoms with Gasteiger partial charge in [0.15, 0.2) is 11.6 Å². The quantitative estimate of drug-likeness (QED) is 0.361. The van der Waals surface area contributed by atoms with Gasteiger partial charge >= 0.3 is 0 Å². The average molecular weight is 326 g/mol. The van der Waals surface area contributed by atoms with E-state index in [0.717, 1.165) is 0 Å². The second-order valence-corrected chi connectivity index (χ2v) is 4.44. The Labute approximate surface area is 137 Å². The van der Waals surface area contributed by atoms with Crippen LogP contribution < -0.4 is 21.2 Å². The van der Waals surface area contributed by atoms with E-state index < -0.39 is 11.7 Å². The van der Waals surface area contributed by atoms with E-state index in [2.05, 4.69) is 15.8 Å². The first-order chi connectivity index (χ1) is 11.5. The number of methoxy groups -OCH3 is 1. The summed E-state index contributed by atoms with van der Waals surface area (Å²) in [6, 6.07) is 9.61. The topological polar surface area (TPSA) is 150 Å². The van der Waals surface area contributed by atoms with Gasteiger partial charge in [-0.15, -0.1) is 0 Å². The molecule has 2 rings (SSSR count). The maximum atomic E-state index is 12.1. The van der Waals surface area contributed by atoms with Crippen LogP contribution in [0.3, 0.4) is 0 Å².